The number of ether oxygens (including phenoxy) is 1. The van der Waals surface area contributed by atoms with Crippen molar-refractivity contribution >= 4 is 23.4 Å². The van der Waals surface area contributed by atoms with Gasteiger partial charge in [0, 0.05) is 5.56 Å². The number of aromatic nitrogens is 1. The minimum absolute atomic E-state index is 0.227. The minimum atomic E-state index is -0.943. The first-order chi connectivity index (χ1) is 10.8. The van der Waals surface area contributed by atoms with Crippen LogP contribution in [-0.2, 0) is 4.74 Å². The summed E-state index contributed by atoms with van der Waals surface area (Å²) in [7, 11) is 0. The molecule has 1 heterocycles. The van der Waals surface area contributed by atoms with E-state index >= 15 is 0 Å². The van der Waals surface area contributed by atoms with Crippen molar-refractivity contribution in [2.75, 3.05) is 5.32 Å². The minimum Gasteiger partial charge on any atom is -0.444 e. The first-order valence-electron chi connectivity index (χ1n) is 7.15. The number of amides is 1. The lowest BCUT2D eigenvalue weighted by molar-refractivity contribution is 0.0635. The molecule has 23 heavy (non-hydrogen) atoms. The van der Waals surface area contributed by atoms with Crippen molar-refractivity contribution in [2.45, 2.75) is 32.5 Å². The number of nitrogens with zero attached hydrogens (tertiary/aromatic N) is 1. The molecule has 0 bridgehead atoms. The standard InChI is InChI=1S/C17H19ClN2O3/c1-17(2,3)23-16(22)20-13-10-19-14(18)9-12(13)15(21)11-7-5-4-6-8-11/h4-10,15,21H,1-3H3,(H,20,22). The Kier molecular flexibility index (Phi) is 5.23. The number of nitrogens with one attached hydrogen (secondary N) is 1. The molecule has 1 aromatic carbocycles. The van der Waals surface area contributed by atoms with E-state index < -0.39 is 17.8 Å². The Bertz CT molecular complexity index is 684. The molecular formula is C17H19ClN2O3. The van der Waals surface area contributed by atoms with Gasteiger partial charge in [-0.25, -0.2) is 9.78 Å². The third kappa shape index (κ3) is 4.94. The zero-order valence-corrected chi connectivity index (χ0v) is 14.0. The normalized spacial score (nSPS) is 12.6. The average Bonchev–Trinajstić information content (AvgIpc) is 2.47. The number of pyridine rings is 1. The predicted octanol–water partition coefficient (Wildman–Crippen LogP) is 4.16. The van der Waals surface area contributed by atoms with Gasteiger partial charge in [-0.1, -0.05) is 41.9 Å². The van der Waals surface area contributed by atoms with Crippen molar-refractivity contribution in [1.29, 1.82) is 0 Å². The first kappa shape index (κ1) is 17.2. The average molecular weight is 335 g/mol. The van der Waals surface area contributed by atoms with Crippen molar-refractivity contribution in [3.8, 4) is 0 Å². The van der Waals surface area contributed by atoms with Crippen LogP contribution in [0.4, 0.5) is 10.5 Å². The van der Waals surface area contributed by atoms with Gasteiger partial charge in [0.2, 0.25) is 0 Å². The van der Waals surface area contributed by atoms with E-state index in [4.69, 9.17) is 16.3 Å². The van der Waals surface area contributed by atoms with Gasteiger partial charge in [-0.15, -0.1) is 0 Å². The molecule has 0 saturated heterocycles. The summed E-state index contributed by atoms with van der Waals surface area (Å²) in [6.45, 7) is 5.31. The molecule has 6 heteroatoms. The van der Waals surface area contributed by atoms with Gasteiger partial charge in [0.25, 0.3) is 0 Å². The lowest BCUT2D eigenvalue weighted by Gasteiger charge is -2.21. The molecule has 1 amide bonds. The van der Waals surface area contributed by atoms with E-state index in [0.717, 1.165) is 0 Å². The highest BCUT2D eigenvalue weighted by Gasteiger charge is 2.20. The highest BCUT2D eigenvalue weighted by atomic mass is 35.5. The van der Waals surface area contributed by atoms with Crippen molar-refractivity contribution in [1.82, 2.24) is 4.98 Å². The lowest BCUT2D eigenvalue weighted by Crippen LogP contribution is -2.27. The van der Waals surface area contributed by atoms with Gasteiger partial charge in [0.05, 0.1) is 11.9 Å². The van der Waals surface area contributed by atoms with E-state index in [1.807, 2.05) is 18.2 Å². The summed E-state index contributed by atoms with van der Waals surface area (Å²) in [6.07, 6.45) is -0.168. The van der Waals surface area contributed by atoms with Crippen LogP contribution in [0.1, 0.15) is 38.0 Å². The van der Waals surface area contributed by atoms with Crippen LogP contribution in [0.2, 0.25) is 5.15 Å². The van der Waals surface area contributed by atoms with Crippen LogP contribution in [0.5, 0.6) is 0 Å². The molecular weight excluding hydrogens is 316 g/mol. The van der Waals surface area contributed by atoms with Gasteiger partial charge in [0.15, 0.2) is 0 Å². The molecule has 0 aliphatic carbocycles. The number of carbonyl (C=O) groups is 1. The van der Waals surface area contributed by atoms with E-state index in [0.29, 0.717) is 16.8 Å². The summed E-state index contributed by atoms with van der Waals surface area (Å²) in [5.74, 6) is 0. The third-order valence-electron chi connectivity index (χ3n) is 2.95. The van der Waals surface area contributed by atoms with E-state index in [-0.39, 0.29) is 5.15 Å². The quantitative estimate of drug-likeness (QED) is 0.827. The highest BCUT2D eigenvalue weighted by Crippen LogP contribution is 2.30. The largest absolute Gasteiger partial charge is 0.444 e. The summed E-state index contributed by atoms with van der Waals surface area (Å²) in [5, 5.41) is 13.4. The number of hydrogen-bond donors (Lipinski definition) is 2. The summed E-state index contributed by atoms with van der Waals surface area (Å²) in [6, 6.07) is 10.6. The molecule has 2 N–H and O–H groups in total. The zero-order chi connectivity index (χ0) is 17.0. The second-order valence-corrected chi connectivity index (χ2v) is 6.42. The zero-order valence-electron chi connectivity index (χ0n) is 13.2. The molecule has 1 unspecified atom stereocenters. The van der Waals surface area contributed by atoms with Gasteiger partial charge in [0.1, 0.15) is 16.9 Å². The molecule has 5 nitrogen and oxygen atoms in total. The van der Waals surface area contributed by atoms with Crippen LogP contribution >= 0.6 is 11.6 Å². The number of aliphatic hydroxyl groups excluding tert-OH is 1. The Balaban J connectivity index is 2.29. The molecule has 0 saturated carbocycles. The van der Waals surface area contributed by atoms with E-state index in [9.17, 15) is 9.90 Å². The fraction of sp³-hybridized carbons (Fsp3) is 0.294. The van der Waals surface area contributed by atoms with E-state index in [1.54, 1.807) is 32.9 Å². The Morgan fingerprint density at radius 2 is 1.96 bits per heavy atom. The molecule has 1 atom stereocenters. The van der Waals surface area contributed by atoms with Crippen molar-refractivity contribution in [3.05, 3.63) is 58.9 Å². The van der Waals surface area contributed by atoms with Gasteiger partial charge in [-0.3, -0.25) is 5.32 Å². The summed E-state index contributed by atoms with van der Waals surface area (Å²) < 4.78 is 5.22. The smallest absolute Gasteiger partial charge is 0.412 e. The molecule has 0 aliphatic rings. The van der Waals surface area contributed by atoms with Crippen LogP contribution in [0.25, 0.3) is 0 Å². The SMILES string of the molecule is CC(C)(C)OC(=O)Nc1cnc(Cl)cc1C(O)c1ccccc1. The van der Waals surface area contributed by atoms with Gasteiger partial charge in [-0.05, 0) is 32.4 Å². The monoisotopic (exact) mass is 334 g/mol. The number of benzene rings is 1. The van der Waals surface area contributed by atoms with Crippen molar-refractivity contribution < 1.29 is 14.6 Å². The molecule has 2 rings (SSSR count). The number of halogens is 1. The lowest BCUT2D eigenvalue weighted by atomic mass is 10.0. The maximum Gasteiger partial charge on any atom is 0.412 e. The Hall–Kier alpha value is -2.11. The van der Waals surface area contributed by atoms with Crippen molar-refractivity contribution in [2.24, 2.45) is 0 Å². The fourth-order valence-electron chi connectivity index (χ4n) is 2.00. The van der Waals surface area contributed by atoms with Crippen LogP contribution in [0.3, 0.4) is 0 Å². The topological polar surface area (TPSA) is 71.5 Å². The van der Waals surface area contributed by atoms with Crippen LogP contribution < -0.4 is 5.32 Å². The summed E-state index contributed by atoms with van der Waals surface area (Å²) in [4.78, 5) is 15.9. The Labute approximate surface area is 140 Å². The second kappa shape index (κ2) is 6.98. The number of aliphatic hydroxyl groups is 1. The number of rotatable bonds is 3. The Morgan fingerprint density at radius 1 is 1.30 bits per heavy atom. The molecule has 0 fully saturated rings. The second-order valence-electron chi connectivity index (χ2n) is 6.03. The molecule has 0 radical (unpaired) electrons. The third-order valence-corrected chi connectivity index (χ3v) is 3.15. The molecule has 122 valence electrons. The van der Waals surface area contributed by atoms with Crippen LogP contribution in [0, 0.1) is 0 Å². The number of carbonyl (C=O) groups excluding carboxylic acids is 1. The number of anilines is 1. The number of hydrogen-bond acceptors (Lipinski definition) is 4. The van der Waals surface area contributed by atoms with Gasteiger partial charge in [-0.2, -0.15) is 0 Å². The molecule has 2 aromatic rings. The first-order valence-corrected chi connectivity index (χ1v) is 7.52. The maximum absolute atomic E-state index is 11.9. The van der Waals surface area contributed by atoms with Crippen molar-refractivity contribution in [3.63, 3.8) is 0 Å². The Morgan fingerprint density at radius 3 is 2.57 bits per heavy atom. The van der Waals surface area contributed by atoms with E-state index in [1.165, 1.54) is 12.3 Å². The fourth-order valence-corrected chi connectivity index (χ4v) is 2.17. The summed E-state index contributed by atoms with van der Waals surface area (Å²) in [5.41, 5.74) is 0.853. The molecule has 0 spiro atoms. The van der Waals surface area contributed by atoms with Gasteiger partial charge < -0.3 is 9.84 Å². The highest BCUT2D eigenvalue weighted by molar-refractivity contribution is 6.29. The van der Waals surface area contributed by atoms with Crippen LogP contribution in [-0.4, -0.2) is 21.8 Å². The molecule has 1 aromatic heterocycles. The predicted molar refractivity (Wildman–Crippen MR) is 89.6 cm³/mol. The van der Waals surface area contributed by atoms with Gasteiger partial charge >= 0.3 is 6.09 Å². The maximum atomic E-state index is 11.9. The van der Waals surface area contributed by atoms with Crippen LogP contribution in [0.15, 0.2) is 42.6 Å². The van der Waals surface area contributed by atoms with E-state index in [2.05, 4.69) is 10.3 Å². The molecule has 0 aliphatic heterocycles. The summed E-state index contributed by atoms with van der Waals surface area (Å²) >= 11 is 5.93.